The van der Waals surface area contributed by atoms with Gasteiger partial charge in [-0.1, -0.05) is 26.0 Å². The normalized spacial score (nSPS) is 11.0. The number of anilines is 2. The molecule has 0 aliphatic heterocycles. The summed E-state index contributed by atoms with van der Waals surface area (Å²) in [6, 6.07) is 5.72. The lowest BCUT2D eigenvalue weighted by molar-refractivity contribution is -0.115. The van der Waals surface area contributed by atoms with Gasteiger partial charge in [-0.05, 0) is 25.2 Å². The molecule has 0 saturated carbocycles. The van der Waals surface area contributed by atoms with Gasteiger partial charge in [-0.2, -0.15) is 5.10 Å². The zero-order chi connectivity index (χ0) is 22.2. The van der Waals surface area contributed by atoms with Crippen LogP contribution in [0.5, 0.6) is 0 Å². The van der Waals surface area contributed by atoms with Crippen molar-refractivity contribution in [3.8, 4) is 0 Å². The minimum Gasteiger partial charge on any atom is -0.323 e. The van der Waals surface area contributed by atoms with Gasteiger partial charge < -0.3 is 10.2 Å². The van der Waals surface area contributed by atoms with Crippen LogP contribution < -0.4 is 10.6 Å². The van der Waals surface area contributed by atoms with Crippen LogP contribution in [0.15, 0.2) is 42.0 Å². The van der Waals surface area contributed by atoms with Gasteiger partial charge in [0.05, 0.1) is 36.1 Å². The van der Waals surface area contributed by atoms with E-state index in [2.05, 4.69) is 39.5 Å². The highest BCUT2D eigenvalue weighted by Gasteiger charge is 2.14. The molecule has 2 aromatic heterocycles. The standard InChI is InChI=1S/C21H25FN6O2S/c1-3-27(4-2)9-10-28-13-16(12-23-28)24-19(29)11-15-14-31-21(25-15)26-20(30)17-7-5-6-8-18(17)22/h5-8,12-14H,3-4,9-11H2,1-2H3,(H,24,29)(H,25,26,30). The lowest BCUT2D eigenvalue weighted by Crippen LogP contribution is -2.27. The Morgan fingerprint density at radius 2 is 1.97 bits per heavy atom. The summed E-state index contributed by atoms with van der Waals surface area (Å²) < 4.78 is 15.5. The van der Waals surface area contributed by atoms with Crippen LogP contribution in [0.2, 0.25) is 0 Å². The number of likely N-dealkylation sites (N-methyl/N-ethyl adjacent to an activating group) is 1. The van der Waals surface area contributed by atoms with Gasteiger partial charge in [-0.15, -0.1) is 11.3 Å². The molecule has 0 unspecified atom stereocenters. The molecule has 1 aromatic carbocycles. The van der Waals surface area contributed by atoms with Crippen LogP contribution in [0.1, 0.15) is 29.9 Å². The first kappa shape index (κ1) is 22.6. The van der Waals surface area contributed by atoms with Crippen LogP contribution in [0.4, 0.5) is 15.2 Å². The Morgan fingerprint density at radius 3 is 2.71 bits per heavy atom. The van der Waals surface area contributed by atoms with E-state index in [0.717, 1.165) is 26.2 Å². The number of carbonyl (C=O) groups excluding carboxylic acids is 2. The van der Waals surface area contributed by atoms with Crippen molar-refractivity contribution >= 4 is 34.0 Å². The maximum absolute atomic E-state index is 13.7. The predicted molar refractivity (Wildman–Crippen MR) is 119 cm³/mol. The van der Waals surface area contributed by atoms with Crippen molar-refractivity contribution < 1.29 is 14.0 Å². The Balaban J connectivity index is 1.50. The monoisotopic (exact) mass is 444 g/mol. The molecule has 0 radical (unpaired) electrons. The van der Waals surface area contributed by atoms with Crippen LogP contribution in [-0.2, 0) is 17.8 Å². The summed E-state index contributed by atoms with van der Waals surface area (Å²) in [7, 11) is 0. The molecule has 0 saturated heterocycles. The summed E-state index contributed by atoms with van der Waals surface area (Å²) in [5.41, 5.74) is 1.07. The highest BCUT2D eigenvalue weighted by atomic mass is 32.1. The summed E-state index contributed by atoms with van der Waals surface area (Å²) >= 11 is 1.18. The fourth-order valence-electron chi connectivity index (χ4n) is 2.96. The Morgan fingerprint density at radius 1 is 1.19 bits per heavy atom. The van der Waals surface area contributed by atoms with Crippen molar-refractivity contribution in [3.63, 3.8) is 0 Å². The second-order valence-corrected chi connectivity index (χ2v) is 7.68. The SMILES string of the molecule is CCN(CC)CCn1cc(NC(=O)Cc2csc(NC(=O)c3ccccc3F)n2)cn1. The molecule has 3 aromatic rings. The maximum atomic E-state index is 13.7. The van der Waals surface area contributed by atoms with E-state index >= 15 is 0 Å². The smallest absolute Gasteiger partial charge is 0.260 e. The number of nitrogens with zero attached hydrogens (tertiary/aromatic N) is 4. The van der Waals surface area contributed by atoms with E-state index in [1.807, 2.05) is 0 Å². The largest absolute Gasteiger partial charge is 0.323 e. The summed E-state index contributed by atoms with van der Waals surface area (Å²) in [5, 5.41) is 11.6. The van der Waals surface area contributed by atoms with Crippen molar-refractivity contribution in [3.05, 3.63) is 59.1 Å². The number of nitrogens with one attached hydrogen (secondary N) is 2. The second kappa shape index (κ2) is 10.8. The number of rotatable bonds is 10. The average Bonchev–Trinajstić information content (AvgIpc) is 3.38. The Kier molecular flexibility index (Phi) is 7.85. The third-order valence-electron chi connectivity index (χ3n) is 4.69. The Labute approximate surface area is 184 Å². The molecule has 31 heavy (non-hydrogen) atoms. The number of thiazole rings is 1. The van der Waals surface area contributed by atoms with Crippen molar-refractivity contribution in [2.24, 2.45) is 0 Å². The summed E-state index contributed by atoms with van der Waals surface area (Å²) in [5.74, 6) is -1.42. The van der Waals surface area contributed by atoms with Crippen molar-refractivity contribution in [2.75, 3.05) is 30.3 Å². The van der Waals surface area contributed by atoms with Gasteiger partial charge in [0.15, 0.2) is 5.13 Å². The highest BCUT2D eigenvalue weighted by molar-refractivity contribution is 7.14. The van der Waals surface area contributed by atoms with E-state index in [1.54, 1.807) is 28.5 Å². The van der Waals surface area contributed by atoms with Crippen molar-refractivity contribution in [1.82, 2.24) is 19.7 Å². The van der Waals surface area contributed by atoms with E-state index in [1.165, 1.54) is 29.5 Å². The zero-order valence-electron chi connectivity index (χ0n) is 17.5. The van der Waals surface area contributed by atoms with Crippen LogP contribution in [0.25, 0.3) is 0 Å². The molecule has 8 nitrogen and oxygen atoms in total. The predicted octanol–water partition coefficient (Wildman–Crippen LogP) is 3.25. The molecule has 2 amide bonds. The molecule has 3 rings (SSSR count). The number of hydrogen-bond donors (Lipinski definition) is 2. The number of halogens is 1. The molecular formula is C21H25FN6O2S. The number of aromatic nitrogens is 3. The summed E-state index contributed by atoms with van der Waals surface area (Å²) in [6.07, 6.45) is 3.46. The van der Waals surface area contributed by atoms with Gasteiger partial charge in [-0.25, -0.2) is 9.37 Å². The fourth-order valence-corrected chi connectivity index (χ4v) is 3.66. The molecule has 0 atom stereocenters. The zero-order valence-corrected chi connectivity index (χ0v) is 18.3. The fraction of sp³-hybridized carbons (Fsp3) is 0.333. The molecule has 2 heterocycles. The lowest BCUT2D eigenvalue weighted by atomic mass is 10.2. The maximum Gasteiger partial charge on any atom is 0.260 e. The van der Waals surface area contributed by atoms with Crippen LogP contribution in [-0.4, -0.2) is 51.1 Å². The molecule has 0 fully saturated rings. The van der Waals surface area contributed by atoms with Crippen LogP contribution in [0, 0.1) is 5.82 Å². The second-order valence-electron chi connectivity index (χ2n) is 6.82. The molecular weight excluding hydrogens is 419 g/mol. The number of hydrogen-bond acceptors (Lipinski definition) is 6. The molecule has 2 N–H and O–H groups in total. The third-order valence-corrected chi connectivity index (χ3v) is 5.50. The first-order chi connectivity index (χ1) is 15.0. The molecule has 0 spiro atoms. The van der Waals surface area contributed by atoms with E-state index < -0.39 is 11.7 Å². The van der Waals surface area contributed by atoms with Gasteiger partial charge in [0.1, 0.15) is 5.82 Å². The third kappa shape index (κ3) is 6.43. The van der Waals surface area contributed by atoms with Gasteiger partial charge in [-0.3, -0.25) is 19.6 Å². The summed E-state index contributed by atoms with van der Waals surface area (Å²) in [4.78, 5) is 31.0. The van der Waals surface area contributed by atoms with E-state index in [0.29, 0.717) is 16.5 Å². The van der Waals surface area contributed by atoms with Crippen LogP contribution in [0.3, 0.4) is 0 Å². The molecule has 0 bridgehead atoms. The Hall–Kier alpha value is -3.11. The van der Waals surface area contributed by atoms with E-state index in [9.17, 15) is 14.0 Å². The van der Waals surface area contributed by atoms with Crippen LogP contribution >= 0.6 is 11.3 Å². The number of benzene rings is 1. The van der Waals surface area contributed by atoms with E-state index in [4.69, 9.17) is 0 Å². The topological polar surface area (TPSA) is 92.2 Å². The summed E-state index contributed by atoms with van der Waals surface area (Å²) in [6.45, 7) is 7.84. The molecule has 0 aliphatic carbocycles. The Bertz CT molecular complexity index is 1030. The molecule has 0 aliphatic rings. The highest BCUT2D eigenvalue weighted by Crippen LogP contribution is 2.18. The number of carbonyl (C=O) groups is 2. The first-order valence-corrected chi connectivity index (χ1v) is 10.9. The van der Waals surface area contributed by atoms with Crippen molar-refractivity contribution in [2.45, 2.75) is 26.8 Å². The minimum atomic E-state index is -0.603. The number of amides is 2. The van der Waals surface area contributed by atoms with Crippen molar-refractivity contribution in [1.29, 1.82) is 0 Å². The average molecular weight is 445 g/mol. The molecule has 164 valence electrons. The quantitative estimate of drug-likeness (QED) is 0.501. The lowest BCUT2D eigenvalue weighted by Gasteiger charge is -2.17. The van der Waals surface area contributed by atoms with Gasteiger partial charge >= 0.3 is 0 Å². The van der Waals surface area contributed by atoms with Gasteiger partial charge in [0.25, 0.3) is 5.91 Å². The van der Waals surface area contributed by atoms with Gasteiger partial charge in [0, 0.05) is 18.1 Å². The minimum absolute atomic E-state index is 0.0523. The van der Waals surface area contributed by atoms with Gasteiger partial charge in [0.2, 0.25) is 5.91 Å². The first-order valence-electron chi connectivity index (χ1n) is 10.0. The van der Waals surface area contributed by atoms with E-state index in [-0.39, 0.29) is 17.9 Å². The molecule has 10 heteroatoms.